The topological polar surface area (TPSA) is 107 Å². The number of hydrogen-bond acceptors (Lipinski definition) is 8. The van der Waals surface area contributed by atoms with Crippen molar-refractivity contribution >= 4 is 22.2 Å². The van der Waals surface area contributed by atoms with Crippen molar-refractivity contribution in [3.05, 3.63) is 81.2 Å². The first-order valence-electron chi connectivity index (χ1n) is 11.0. The molecule has 8 nitrogen and oxygen atoms in total. The van der Waals surface area contributed by atoms with Crippen LogP contribution in [0, 0.1) is 6.92 Å². The second-order valence-corrected chi connectivity index (χ2v) is 9.28. The number of hydrogen-bond donors (Lipinski definition) is 1. The largest absolute Gasteiger partial charge is 0.439 e. The van der Waals surface area contributed by atoms with Crippen molar-refractivity contribution in [1.29, 1.82) is 0 Å². The lowest BCUT2D eigenvalue weighted by Gasteiger charge is -2.20. The van der Waals surface area contributed by atoms with Gasteiger partial charge in [-0.25, -0.2) is 9.78 Å². The predicted octanol–water partition coefficient (Wildman–Crippen LogP) is 6.09. The number of alkyl halides is 6. The van der Waals surface area contributed by atoms with Crippen LogP contribution in [-0.2, 0) is 10.9 Å². The molecule has 0 fully saturated rings. The fourth-order valence-corrected chi connectivity index (χ4v) is 5.03. The van der Waals surface area contributed by atoms with Gasteiger partial charge in [-0.1, -0.05) is 17.3 Å². The van der Waals surface area contributed by atoms with Gasteiger partial charge in [-0.2, -0.15) is 26.3 Å². The van der Waals surface area contributed by atoms with Crippen molar-refractivity contribution < 1.29 is 35.6 Å². The fourth-order valence-electron chi connectivity index (χ4n) is 3.91. The van der Waals surface area contributed by atoms with E-state index in [0.29, 0.717) is 21.5 Å². The Hall–Kier alpha value is -4.11. The third-order valence-electron chi connectivity index (χ3n) is 5.56. The maximum Gasteiger partial charge on any atom is 0.439 e. The number of fused-ring (bicyclic) bond motifs is 1. The number of ether oxygens (including phenoxy) is 1. The molecule has 0 spiro atoms. The van der Waals surface area contributed by atoms with E-state index in [1.807, 2.05) is 0 Å². The van der Waals surface area contributed by atoms with Crippen molar-refractivity contribution in [3.8, 4) is 22.0 Å². The van der Waals surface area contributed by atoms with Crippen molar-refractivity contribution in [3.63, 3.8) is 0 Å². The molecule has 5 rings (SSSR count). The van der Waals surface area contributed by atoms with E-state index in [9.17, 15) is 31.1 Å². The van der Waals surface area contributed by atoms with Crippen molar-refractivity contribution in [1.82, 2.24) is 25.1 Å². The number of nitrogens with zero attached hydrogens (tertiary/aromatic N) is 4. The summed E-state index contributed by atoms with van der Waals surface area (Å²) >= 11 is 0.965. The van der Waals surface area contributed by atoms with Crippen LogP contribution < -0.4 is 5.76 Å². The van der Waals surface area contributed by atoms with Crippen LogP contribution in [0.15, 0.2) is 58.1 Å². The highest BCUT2D eigenvalue weighted by Gasteiger charge is 2.34. The molecular formula is C24H15F6N5O3S. The summed E-state index contributed by atoms with van der Waals surface area (Å²) in [6.07, 6.45) is -8.12. The van der Waals surface area contributed by atoms with E-state index in [1.54, 1.807) is 19.1 Å². The number of aryl methyl sites for hydroxylation is 1. The van der Waals surface area contributed by atoms with E-state index >= 15 is 0 Å². The normalized spacial score (nSPS) is 13.2. The molecule has 0 saturated carbocycles. The molecule has 0 bridgehead atoms. The van der Waals surface area contributed by atoms with E-state index in [1.165, 1.54) is 24.4 Å². The molecule has 1 N–H and O–H groups in total. The van der Waals surface area contributed by atoms with Crippen LogP contribution in [-0.4, -0.2) is 37.9 Å². The molecule has 0 saturated heterocycles. The number of nitrogens with one attached hydrogen (secondary N) is 1. The van der Waals surface area contributed by atoms with Crippen molar-refractivity contribution in [2.45, 2.75) is 25.4 Å². The molecule has 4 heterocycles. The van der Waals surface area contributed by atoms with Crippen LogP contribution in [0.25, 0.3) is 32.9 Å². The summed E-state index contributed by atoms with van der Waals surface area (Å²) in [6.45, 7) is -0.0280. The van der Waals surface area contributed by atoms with Crippen LogP contribution in [0.5, 0.6) is 0 Å². The van der Waals surface area contributed by atoms with Crippen LogP contribution >= 0.6 is 11.3 Å². The second-order valence-electron chi connectivity index (χ2n) is 8.25. The zero-order chi connectivity index (χ0) is 27.9. The molecule has 1 aromatic carbocycles. The summed E-state index contributed by atoms with van der Waals surface area (Å²) < 4.78 is 88.4. The third kappa shape index (κ3) is 5.54. The van der Waals surface area contributed by atoms with Gasteiger partial charge in [-0.15, -0.1) is 11.3 Å². The lowest BCUT2D eigenvalue weighted by Crippen LogP contribution is -2.20. The number of H-pyrrole nitrogens is 1. The minimum absolute atomic E-state index is 0.100. The Morgan fingerprint density at radius 3 is 2.51 bits per heavy atom. The van der Waals surface area contributed by atoms with E-state index < -0.39 is 36.5 Å². The van der Waals surface area contributed by atoms with Gasteiger partial charge in [0.2, 0.25) is 0 Å². The molecular weight excluding hydrogens is 552 g/mol. The van der Waals surface area contributed by atoms with Crippen LogP contribution in [0.3, 0.4) is 0 Å². The number of aromatic amines is 1. The summed E-state index contributed by atoms with van der Waals surface area (Å²) in [5, 5.41) is 4.38. The molecule has 4 aromatic heterocycles. The Labute approximate surface area is 218 Å². The molecule has 0 aliphatic rings. The first kappa shape index (κ1) is 26.5. The Morgan fingerprint density at radius 1 is 1.08 bits per heavy atom. The summed E-state index contributed by atoms with van der Waals surface area (Å²) in [5.74, 6) is -0.688. The van der Waals surface area contributed by atoms with Crippen LogP contribution in [0.4, 0.5) is 26.3 Å². The summed E-state index contributed by atoms with van der Waals surface area (Å²) in [4.78, 5) is 26.3. The number of pyridine rings is 2. The lowest BCUT2D eigenvalue weighted by molar-refractivity contribution is -0.181. The molecule has 5 aromatic rings. The minimum atomic E-state index is -4.65. The number of benzene rings is 1. The van der Waals surface area contributed by atoms with Gasteiger partial charge in [0.15, 0.2) is 5.82 Å². The lowest BCUT2D eigenvalue weighted by atomic mass is 9.98. The Balaban J connectivity index is 1.62. The molecule has 0 amide bonds. The highest BCUT2D eigenvalue weighted by Crippen LogP contribution is 2.41. The minimum Gasteiger partial charge on any atom is -0.358 e. The van der Waals surface area contributed by atoms with E-state index in [4.69, 9.17) is 4.74 Å². The second kappa shape index (κ2) is 9.89. The van der Waals surface area contributed by atoms with E-state index in [-0.39, 0.29) is 27.5 Å². The number of thiazole rings is 1. The zero-order valence-corrected chi connectivity index (χ0v) is 20.4. The van der Waals surface area contributed by atoms with Crippen molar-refractivity contribution in [2.24, 2.45) is 0 Å². The quantitative estimate of drug-likeness (QED) is 0.248. The third-order valence-corrected chi connectivity index (χ3v) is 6.81. The van der Waals surface area contributed by atoms with Gasteiger partial charge in [0.05, 0.1) is 16.1 Å². The number of rotatable bonds is 6. The van der Waals surface area contributed by atoms with Gasteiger partial charge in [0.1, 0.15) is 23.4 Å². The van der Waals surface area contributed by atoms with Gasteiger partial charge in [0.25, 0.3) is 0 Å². The monoisotopic (exact) mass is 567 g/mol. The smallest absolute Gasteiger partial charge is 0.358 e. The molecule has 0 aliphatic carbocycles. The van der Waals surface area contributed by atoms with Gasteiger partial charge >= 0.3 is 18.1 Å². The SMILES string of the molecule is Cc1nc(-c2ccc(C(F)(F)F)nc2)sc1C(OCC(F)(F)F)c1ccc(-c2noc(=O)[nH]2)c2cccnc12. The summed E-state index contributed by atoms with van der Waals surface area (Å²) in [5.41, 5.74) is 0.447. The maximum atomic E-state index is 13.2. The van der Waals surface area contributed by atoms with Crippen molar-refractivity contribution in [2.75, 3.05) is 6.61 Å². The maximum absolute atomic E-state index is 13.2. The average Bonchev–Trinajstić information content (AvgIpc) is 3.48. The molecule has 1 unspecified atom stereocenters. The molecule has 202 valence electrons. The van der Waals surface area contributed by atoms with Crippen LogP contribution in [0.2, 0.25) is 0 Å². The highest BCUT2D eigenvalue weighted by molar-refractivity contribution is 7.15. The average molecular weight is 567 g/mol. The van der Waals surface area contributed by atoms with Gasteiger partial charge < -0.3 is 4.74 Å². The van der Waals surface area contributed by atoms with E-state index in [2.05, 4.69) is 29.6 Å². The fraction of sp³-hybridized carbons (Fsp3) is 0.208. The summed E-state index contributed by atoms with van der Waals surface area (Å²) in [6, 6.07) is 8.27. The van der Waals surface area contributed by atoms with Crippen LogP contribution in [0.1, 0.15) is 27.9 Å². The van der Waals surface area contributed by atoms with Gasteiger partial charge in [-0.05, 0) is 31.2 Å². The molecule has 39 heavy (non-hydrogen) atoms. The number of halogens is 6. The molecule has 15 heteroatoms. The molecule has 0 aliphatic heterocycles. The Kier molecular flexibility index (Phi) is 6.72. The first-order chi connectivity index (χ1) is 18.4. The Bertz CT molecular complexity index is 1690. The van der Waals surface area contributed by atoms with Gasteiger partial charge in [-0.3, -0.25) is 19.5 Å². The Morgan fingerprint density at radius 2 is 1.87 bits per heavy atom. The molecule has 1 atom stereocenters. The first-order valence-corrected chi connectivity index (χ1v) is 11.9. The predicted molar refractivity (Wildman–Crippen MR) is 127 cm³/mol. The molecule has 0 radical (unpaired) electrons. The summed E-state index contributed by atoms with van der Waals surface area (Å²) in [7, 11) is 0. The standard InChI is InChI=1S/C24H15F6N5O3S/c1-11-19(39-21(33-11)12-4-7-16(32-9-12)24(28,29)30)18(37-10-23(25,26)27)15-6-5-14(20-34-22(36)38-35-20)13-3-2-8-31-17(13)15/h2-9,18H,10H2,1H3,(H,34,35,36). The number of aromatic nitrogens is 5. The van der Waals surface area contributed by atoms with E-state index in [0.717, 1.165) is 23.6 Å². The zero-order valence-electron chi connectivity index (χ0n) is 19.6. The van der Waals surface area contributed by atoms with Gasteiger partial charge in [0, 0.05) is 34.5 Å². The highest BCUT2D eigenvalue weighted by atomic mass is 32.1.